The standard InChI is InChI=1S/C29H36O10/c1-14(7-16-8-15(2)25(34)36-16)24(33)26(3)11-22(32)37-23-17-5-6-19-27(4,13-30)38-20-9-21(31)39-29(19,20)12-28(17,35)10-18(23)26/h7-8,14,17-20,23,30,35H,5-6,9-13H2,1-4H3/b16-7-/t14-,17-,18+,19+,20-,23-,26-,27+,28+,29-/m1/s1. The molecule has 0 aromatic heterocycles. The summed E-state index contributed by atoms with van der Waals surface area (Å²) in [7, 11) is 0. The zero-order valence-corrected chi connectivity index (χ0v) is 22.7. The molecule has 0 radical (unpaired) electrons. The van der Waals surface area contributed by atoms with E-state index in [0.717, 1.165) is 0 Å². The smallest absolute Gasteiger partial charge is 0.339 e. The maximum absolute atomic E-state index is 14.0. The molecule has 2 aliphatic carbocycles. The number of carbonyl (C=O) groups is 4. The summed E-state index contributed by atoms with van der Waals surface area (Å²) in [6.45, 7) is 6.67. The molecule has 10 atom stereocenters. The SMILES string of the molecule is CC1=C/C(=C/[C@@H](C)C(=O)[C@]2(C)CC(=O)O[C@@H]3[C@H]4CC[C@@H]5[C@@]6(C[C@@]4(O)C[C@@H]32)OC(=O)C[C@H]6O[C@@]5(C)CO)OC1=O. The summed E-state index contributed by atoms with van der Waals surface area (Å²) < 4.78 is 23.3. The van der Waals surface area contributed by atoms with Crippen molar-refractivity contribution in [3.63, 3.8) is 0 Å². The number of ketones is 1. The molecule has 3 saturated heterocycles. The molecule has 0 unspecified atom stereocenters. The Morgan fingerprint density at radius 1 is 1.18 bits per heavy atom. The fourth-order valence-corrected chi connectivity index (χ4v) is 8.73. The van der Waals surface area contributed by atoms with Crippen LogP contribution in [0.3, 0.4) is 0 Å². The number of fused-ring (bicyclic) bond motifs is 3. The predicted molar refractivity (Wildman–Crippen MR) is 132 cm³/mol. The van der Waals surface area contributed by atoms with Crippen molar-refractivity contribution in [3.05, 3.63) is 23.5 Å². The first-order valence-electron chi connectivity index (χ1n) is 13.8. The van der Waals surface area contributed by atoms with Crippen LogP contribution < -0.4 is 0 Å². The van der Waals surface area contributed by atoms with E-state index in [1.54, 1.807) is 32.9 Å². The van der Waals surface area contributed by atoms with E-state index in [2.05, 4.69) is 0 Å². The van der Waals surface area contributed by atoms with Crippen molar-refractivity contribution in [2.24, 2.45) is 29.1 Å². The van der Waals surface area contributed by atoms with Crippen molar-refractivity contribution in [3.8, 4) is 0 Å². The molecule has 2 N–H and O–H groups in total. The van der Waals surface area contributed by atoms with Gasteiger partial charge in [0.1, 0.15) is 29.4 Å². The minimum absolute atomic E-state index is 0.0511. The molecule has 1 spiro atoms. The summed E-state index contributed by atoms with van der Waals surface area (Å²) in [4.78, 5) is 51.1. The number of hydrogen-bond donors (Lipinski definition) is 2. The first kappa shape index (κ1) is 26.7. The van der Waals surface area contributed by atoms with Gasteiger partial charge in [0.2, 0.25) is 0 Å². The molecule has 0 bridgehead atoms. The number of rotatable bonds is 4. The summed E-state index contributed by atoms with van der Waals surface area (Å²) in [6.07, 6.45) is 3.10. The second-order valence-corrected chi connectivity index (χ2v) is 13.0. The van der Waals surface area contributed by atoms with E-state index in [0.29, 0.717) is 24.2 Å². The van der Waals surface area contributed by atoms with Crippen LogP contribution in [0, 0.1) is 29.1 Å². The molecule has 39 heavy (non-hydrogen) atoms. The van der Waals surface area contributed by atoms with Crippen molar-refractivity contribution in [2.45, 2.75) is 95.2 Å². The van der Waals surface area contributed by atoms with Crippen molar-refractivity contribution in [2.75, 3.05) is 6.61 Å². The third kappa shape index (κ3) is 3.70. The maximum atomic E-state index is 14.0. The number of Topliss-reactive ketones (excluding diaryl/α,β-unsaturated/α-hetero) is 1. The lowest BCUT2D eigenvalue weighted by atomic mass is 9.64. The number of esters is 3. The van der Waals surface area contributed by atoms with Crippen molar-refractivity contribution < 1.29 is 48.3 Å². The average molecular weight is 545 g/mol. The van der Waals surface area contributed by atoms with E-state index in [4.69, 9.17) is 18.9 Å². The van der Waals surface area contributed by atoms with Gasteiger partial charge < -0.3 is 29.2 Å². The molecular formula is C29H36O10. The van der Waals surface area contributed by atoms with Gasteiger partial charge in [0.15, 0.2) is 0 Å². The first-order chi connectivity index (χ1) is 18.2. The molecule has 0 aromatic rings. The van der Waals surface area contributed by atoms with Crippen LogP contribution in [0.25, 0.3) is 0 Å². The van der Waals surface area contributed by atoms with Crippen LogP contribution in [-0.4, -0.2) is 69.5 Å². The van der Waals surface area contributed by atoms with E-state index in [1.807, 2.05) is 6.92 Å². The molecule has 212 valence electrons. The van der Waals surface area contributed by atoms with Crippen LogP contribution in [0.4, 0.5) is 0 Å². The third-order valence-corrected chi connectivity index (χ3v) is 10.5. The minimum Gasteiger partial charge on any atom is -0.462 e. The summed E-state index contributed by atoms with van der Waals surface area (Å²) in [6, 6.07) is 0. The summed E-state index contributed by atoms with van der Waals surface area (Å²) >= 11 is 0. The third-order valence-electron chi connectivity index (χ3n) is 10.5. The Morgan fingerprint density at radius 3 is 2.59 bits per heavy atom. The highest BCUT2D eigenvalue weighted by molar-refractivity contribution is 5.94. The quantitative estimate of drug-likeness (QED) is 0.397. The van der Waals surface area contributed by atoms with Gasteiger partial charge in [-0.2, -0.15) is 0 Å². The fourth-order valence-electron chi connectivity index (χ4n) is 8.73. The highest BCUT2D eigenvalue weighted by atomic mass is 16.6. The van der Waals surface area contributed by atoms with Gasteiger partial charge in [-0.3, -0.25) is 14.4 Å². The number of aliphatic hydroxyl groups excluding tert-OH is 1. The lowest BCUT2D eigenvalue weighted by molar-refractivity contribution is -0.177. The molecule has 6 aliphatic rings. The second-order valence-electron chi connectivity index (χ2n) is 13.0. The first-order valence-corrected chi connectivity index (χ1v) is 13.8. The van der Waals surface area contributed by atoms with Gasteiger partial charge in [0.05, 0.1) is 30.7 Å². The van der Waals surface area contributed by atoms with Crippen LogP contribution in [0.5, 0.6) is 0 Å². The molecule has 10 heteroatoms. The molecular weight excluding hydrogens is 508 g/mol. The van der Waals surface area contributed by atoms with Gasteiger partial charge in [-0.05, 0) is 45.3 Å². The lowest BCUT2D eigenvalue weighted by Crippen LogP contribution is -2.51. The lowest BCUT2D eigenvalue weighted by Gasteiger charge is -2.43. The number of carbonyl (C=O) groups excluding carboxylic acids is 4. The number of aliphatic hydroxyl groups is 2. The number of ether oxygens (including phenoxy) is 4. The van der Waals surface area contributed by atoms with Gasteiger partial charge in [0.25, 0.3) is 0 Å². The molecule has 10 nitrogen and oxygen atoms in total. The van der Waals surface area contributed by atoms with E-state index in [-0.39, 0.29) is 44.0 Å². The Balaban J connectivity index is 1.33. The fraction of sp³-hybridized carbons (Fsp3) is 0.724. The Morgan fingerprint density at radius 2 is 1.92 bits per heavy atom. The van der Waals surface area contributed by atoms with Crippen LogP contribution in [0.15, 0.2) is 23.5 Å². The summed E-state index contributed by atoms with van der Waals surface area (Å²) in [5.41, 5.74) is -4.06. The zero-order valence-electron chi connectivity index (χ0n) is 22.7. The Hall–Kier alpha value is -2.56. The zero-order chi connectivity index (χ0) is 28.1. The summed E-state index contributed by atoms with van der Waals surface area (Å²) in [5, 5.41) is 22.5. The molecule has 0 amide bonds. The normalized spacial score (nSPS) is 48.3. The number of cyclic esters (lactones) is 1. The largest absolute Gasteiger partial charge is 0.462 e. The van der Waals surface area contributed by atoms with Crippen LogP contribution in [0.1, 0.15) is 66.2 Å². The molecule has 4 aliphatic heterocycles. The molecule has 6 rings (SSSR count). The van der Waals surface area contributed by atoms with Gasteiger partial charge in [-0.1, -0.05) is 13.8 Å². The Kier molecular flexibility index (Phi) is 5.79. The average Bonchev–Trinajstić information content (AvgIpc) is 3.46. The number of hydrogen-bond acceptors (Lipinski definition) is 10. The van der Waals surface area contributed by atoms with E-state index >= 15 is 0 Å². The highest BCUT2D eigenvalue weighted by Gasteiger charge is 2.74. The van der Waals surface area contributed by atoms with E-state index in [1.165, 1.54) is 0 Å². The molecule has 4 heterocycles. The van der Waals surface area contributed by atoms with Crippen LogP contribution >= 0.6 is 0 Å². The predicted octanol–water partition coefficient (Wildman–Crippen LogP) is 1.90. The highest BCUT2D eigenvalue weighted by Crippen LogP contribution is 2.64. The summed E-state index contributed by atoms with van der Waals surface area (Å²) in [5.74, 6) is -3.11. The van der Waals surface area contributed by atoms with Gasteiger partial charge in [-0.25, -0.2) is 4.79 Å². The second kappa shape index (κ2) is 8.47. The van der Waals surface area contributed by atoms with Gasteiger partial charge in [0, 0.05) is 41.1 Å². The maximum Gasteiger partial charge on any atom is 0.339 e. The van der Waals surface area contributed by atoms with E-state index < -0.39 is 70.1 Å². The van der Waals surface area contributed by atoms with Crippen LogP contribution in [-0.2, 0) is 38.1 Å². The molecule has 2 saturated carbocycles. The topological polar surface area (TPSA) is 146 Å². The van der Waals surface area contributed by atoms with Gasteiger partial charge >= 0.3 is 17.9 Å². The molecule has 0 aromatic carbocycles. The molecule has 5 fully saturated rings. The Bertz CT molecular complexity index is 1220. The Labute approximate surface area is 226 Å². The monoisotopic (exact) mass is 544 g/mol. The van der Waals surface area contributed by atoms with Crippen molar-refractivity contribution in [1.82, 2.24) is 0 Å². The minimum atomic E-state index is -1.37. The van der Waals surface area contributed by atoms with Crippen molar-refractivity contribution in [1.29, 1.82) is 0 Å². The van der Waals surface area contributed by atoms with Crippen LogP contribution in [0.2, 0.25) is 0 Å². The van der Waals surface area contributed by atoms with E-state index in [9.17, 15) is 29.4 Å². The number of allylic oxidation sites excluding steroid dienone is 2. The van der Waals surface area contributed by atoms with Gasteiger partial charge in [-0.15, -0.1) is 0 Å². The van der Waals surface area contributed by atoms with Crippen molar-refractivity contribution >= 4 is 23.7 Å².